The van der Waals surface area contributed by atoms with Gasteiger partial charge in [0.1, 0.15) is 48.8 Å². The largest absolute Gasteiger partial charge is 0.394 e. The molecule has 14 nitrogen and oxygen atoms in total. The highest BCUT2D eigenvalue weighted by atomic mass is 16.7. The molecule has 2 fully saturated rings. The zero-order valence-corrected chi connectivity index (χ0v) is 41.0. The number of hydrogen-bond acceptors (Lipinski definition) is 13. The van der Waals surface area contributed by atoms with Gasteiger partial charge in [0.2, 0.25) is 5.91 Å². The van der Waals surface area contributed by atoms with E-state index in [1.54, 1.807) is 0 Å². The molecule has 2 aliphatic rings. The molecule has 0 bridgehead atoms. The quantitative estimate of drug-likeness (QED) is 0.0273. The Hall–Kier alpha value is -1.01. The number of carbonyl (C=O) groups is 1. The van der Waals surface area contributed by atoms with Crippen molar-refractivity contribution in [2.75, 3.05) is 19.8 Å². The summed E-state index contributed by atoms with van der Waals surface area (Å²) in [6.45, 7) is 2.84. The van der Waals surface area contributed by atoms with E-state index in [1.807, 2.05) is 0 Å². The molecule has 65 heavy (non-hydrogen) atoms. The molecule has 2 aliphatic heterocycles. The number of aliphatic hydroxyl groups is 8. The lowest BCUT2D eigenvalue weighted by atomic mass is 9.97. The van der Waals surface area contributed by atoms with E-state index in [1.165, 1.54) is 148 Å². The molecule has 0 aromatic heterocycles. The van der Waals surface area contributed by atoms with Gasteiger partial charge in [-0.1, -0.05) is 206 Å². The number of unbranched alkanes of at least 4 members (excludes halogenated alkanes) is 29. The minimum atomic E-state index is -1.78. The maximum Gasteiger partial charge on any atom is 0.220 e. The van der Waals surface area contributed by atoms with Crippen LogP contribution in [0.4, 0.5) is 0 Å². The Balaban J connectivity index is 1.72. The minimum Gasteiger partial charge on any atom is -0.394 e. The Bertz CT molecular complexity index is 1100. The van der Waals surface area contributed by atoms with Crippen molar-refractivity contribution >= 4 is 5.91 Å². The van der Waals surface area contributed by atoms with Gasteiger partial charge in [0.25, 0.3) is 0 Å². The second kappa shape index (κ2) is 38.8. The zero-order chi connectivity index (χ0) is 47.5. The number of carbonyl (C=O) groups excluding carboxylic acids is 1. The summed E-state index contributed by atoms with van der Waals surface area (Å²) in [6.07, 6.45) is 22.7. The van der Waals surface area contributed by atoms with Gasteiger partial charge in [-0.05, 0) is 12.8 Å². The normalized spacial score (nSPS) is 26.9. The van der Waals surface area contributed by atoms with Gasteiger partial charge < -0.3 is 65.1 Å². The standard InChI is InChI=1S/C51H99NO13/c1-3-5-7-9-11-13-14-15-16-17-18-19-20-21-22-23-24-25-27-29-31-33-35-43(56)52-39(40(55)34-32-30-28-26-12-10-8-6-4-2)38-62-50-48(61)46(59)49(42(37-54)64-50)65-51-47(60)45(58)44(57)41(36-53)63-51/h39-42,44-51,53-55,57-61H,3-38H2,1-2H3,(H,52,56)/t39-,40+,41+,42+,44-,45?,46?,47?,48?,49+,50+,51-/m0/s1. The summed E-state index contributed by atoms with van der Waals surface area (Å²) in [6, 6.07) is -0.820. The molecule has 12 atom stereocenters. The van der Waals surface area contributed by atoms with E-state index in [9.17, 15) is 45.6 Å². The number of ether oxygens (including phenoxy) is 4. The molecule has 2 rings (SSSR count). The highest BCUT2D eigenvalue weighted by Gasteiger charge is 2.51. The van der Waals surface area contributed by atoms with Crippen LogP contribution in [0.2, 0.25) is 0 Å². The third-order valence-electron chi connectivity index (χ3n) is 13.6. The summed E-state index contributed by atoms with van der Waals surface area (Å²) < 4.78 is 22.7. The molecule has 2 heterocycles. The fraction of sp³-hybridized carbons (Fsp3) is 0.980. The van der Waals surface area contributed by atoms with Gasteiger partial charge in [0, 0.05) is 6.42 Å². The summed E-state index contributed by atoms with van der Waals surface area (Å²) in [5.74, 6) is -0.204. The lowest BCUT2D eigenvalue weighted by Gasteiger charge is -2.46. The predicted molar refractivity (Wildman–Crippen MR) is 254 cm³/mol. The van der Waals surface area contributed by atoms with Crippen LogP contribution in [-0.2, 0) is 23.7 Å². The molecule has 2 saturated heterocycles. The molecular formula is C51H99NO13. The second-order valence-electron chi connectivity index (χ2n) is 19.4. The van der Waals surface area contributed by atoms with E-state index >= 15 is 0 Å². The average molecular weight is 934 g/mol. The first-order chi connectivity index (χ1) is 31.6. The summed E-state index contributed by atoms with van der Waals surface area (Å²) in [5.41, 5.74) is 0. The van der Waals surface area contributed by atoms with Crippen molar-refractivity contribution in [1.82, 2.24) is 5.32 Å². The van der Waals surface area contributed by atoms with Gasteiger partial charge in [-0.2, -0.15) is 0 Å². The molecule has 0 aliphatic carbocycles. The summed E-state index contributed by atoms with van der Waals surface area (Å²) >= 11 is 0. The van der Waals surface area contributed by atoms with Crippen LogP contribution in [0.25, 0.3) is 0 Å². The lowest BCUT2D eigenvalue weighted by Crippen LogP contribution is -2.65. The number of aliphatic hydroxyl groups excluding tert-OH is 8. The smallest absolute Gasteiger partial charge is 0.220 e. The third kappa shape index (κ3) is 26.0. The number of nitrogens with one attached hydrogen (secondary N) is 1. The number of hydrogen-bond donors (Lipinski definition) is 9. The maximum absolute atomic E-state index is 13.2. The Labute approximate surface area is 393 Å². The molecule has 386 valence electrons. The van der Waals surface area contributed by atoms with E-state index in [0.29, 0.717) is 12.8 Å². The van der Waals surface area contributed by atoms with E-state index < -0.39 is 86.8 Å². The molecular weight excluding hydrogens is 835 g/mol. The van der Waals surface area contributed by atoms with Crippen molar-refractivity contribution in [3.05, 3.63) is 0 Å². The summed E-state index contributed by atoms with van der Waals surface area (Å²) in [5, 5.41) is 86.8. The zero-order valence-electron chi connectivity index (χ0n) is 41.0. The Morgan fingerprint density at radius 2 is 0.877 bits per heavy atom. The van der Waals surface area contributed by atoms with Gasteiger partial charge in [-0.3, -0.25) is 4.79 Å². The van der Waals surface area contributed by atoms with E-state index in [4.69, 9.17) is 18.9 Å². The van der Waals surface area contributed by atoms with E-state index in [0.717, 1.165) is 51.4 Å². The SMILES string of the molecule is CCCCCCCCCCCCCCCCCCCCCCCCC(=O)N[C@@H](CO[C@@H]1O[C@H](CO)[C@@H](O[C@@H]2O[C@H](CO)[C@H](O)C(O)C2O)C(O)C1O)[C@H](O)CCCCCCCCCCC. The Kier molecular flexibility index (Phi) is 35.9. The van der Waals surface area contributed by atoms with Crippen LogP contribution in [0.1, 0.15) is 226 Å². The molecule has 9 N–H and O–H groups in total. The average Bonchev–Trinajstić information content (AvgIpc) is 3.30. The topological polar surface area (TPSA) is 228 Å². The fourth-order valence-corrected chi connectivity index (χ4v) is 9.18. The Morgan fingerprint density at radius 1 is 0.492 bits per heavy atom. The molecule has 1 amide bonds. The summed E-state index contributed by atoms with van der Waals surface area (Å²) in [7, 11) is 0. The first-order valence-corrected chi connectivity index (χ1v) is 26.8. The van der Waals surface area contributed by atoms with Gasteiger partial charge >= 0.3 is 0 Å². The van der Waals surface area contributed by atoms with Crippen molar-refractivity contribution in [1.29, 1.82) is 0 Å². The van der Waals surface area contributed by atoms with Crippen LogP contribution in [-0.4, -0.2) is 140 Å². The number of rotatable bonds is 42. The van der Waals surface area contributed by atoms with Crippen LogP contribution in [0.3, 0.4) is 0 Å². The van der Waals surface area contributed by atoms with Gasteiger partial charge in [0.15, 0.2) is 12.6 Å². The molecule has 0 saturated carbocycles. The first-order valence-electron chi connectivity index (χ1n) is 26.8. The van der Waals surface area contributed by atoms with Crippen LogP contribution in [0.5, 0.6) is 0 Å². The molecule has 14 heteroatoms. The third-order valence-corrected chi connectivity index (χ3v) is 13.6. The Morgan fingerprint density at radius 3 is 1.31 bits per heavy atom. The molecule has 0 aromatic rings. The van der Waals surface area contributed by atoms with Crippen LogP contribution in [0.15, 0.2) is 0 Å². The second-order valence-corrected chi connectivity index (χ2v) is 19.4. The first kappa shape index (κ1) is 60.1. The van der Waals surface area contributed by atoms with Crippen molar-refractivity contribution in [3.8, 4) is 0 Å². The molecule has 0 aromatic carbocycles. The predicted octanol–water partition coefficient (Wildman–Crippen LogP) is 7.39. The van der Waals surface area contributed by atoms with Crippen molar-refractivity contribution in [2.24, 2.45) is 0 Å². The van der Waals surface area contributed by atoms with Gasteiger partial charge in [0.05, 0.1) is 32.0 Å². The highest BCUT2D eigenvalue weighted by Crippen LogP contribution is 2.30. The lowest BCUT2D eigenvalue weighted by molar-refractivity contribution is -0.359. The van der Waals surface area contributed by atoms with Gasteiger partial charge in [-0.25, -0.2) is 0 Å². The highest BCUT2D eigenvalue weighted by molar-refractivity contribution is 5.76. The minimum absolute atomic E-state index is 0.204. The van der Waals surface area contributed by atoms with Crippen molar-refractivity contribution in [2.45, 2.75) is 299 Å². The molecule has 0 spiro atoms. The van der Waals surface area contributed by atoms with Gasteiger partial charge in [-0.15, -0.1) is 0 Å². The van der Waals surface area contributed by atoms with Crippen LogP contribution in [0, 0.1) is 0 Å². The fourth-order valence-electron chi connectivity index (χ4n) is 9.18. The van der Waals surface area contributed by atoms with Crippen molar-refractivity contribution in [3.63, 3.8) is 0 Å². The molecule has 4 unspecified atom stereocenters. The van der Waals surface area contributed by atoms with Crippen molar-refractivity contribution < 1.29 is 64.6 Å². The molecule has 0 radical (unpaired) electrons. The van der Waals surface area contributed by atoms with Crippen LogP contribution >= 0.6 is 0 Å². The van der Waals surface area contributed by atoms with E-state index in [2.05, 4.69) is 19.2 Å². The monoisotopic (exact) mass is 934 g/mol. The van der Waals surface area contributed by atoms with E-state index in [-0.39, 0.29) is 12.5 Å². The summed E-state index contributed by atoms with van der Waals surface area (Å²) in [4.78, 5) is 13.2. The maximum atomic E-state index is 13.2. The number of amides is 1. The van der Waals surface area contributed by atoms with Crippen LogP contribution < -0.4 is 5.32 Å².